The lowest BCUT2D eigenvalue weighted by molar-refractivity contribution is -0.120. The van der Waals surface area contributed by atoms with Crippen molar-refractivity contribution >= 4 is 11.6 Å². The average Bonchev–Trinajstić information content (AvgIpc) is 3.09. The van der Waals surface area contributed by atoms with Gasteiger partial charge in [0.2, 0.25) is 0 Å². The highest BCUT2D eigenvalue weighted by molar-refractivity contribution is 5.78. The quantitative estimate of drug-likeness (QED) is 0.0603. The first-order valence-electron chi connectivity index (χ1n) is 22.7. The van der Waals surface area contributed by atoms with Gasteiger partial charge in [-0.2, -0.15) is 0 Å². The topological polar surface area (TPSA) is 34.1 Å². The first kappa shape index (κ1) is 47.3. The molecule has 0 atom stereocenters. The average molecular weight is 675 g/mol. The van der Waals surface area contributed by atoms with Crippen LogP contribution in [-0.4, -0.2) is 11.6 Å². The van der Waals surface area contributed by atoms with Crippen LogP contribution in [0.1, 0.15) is 284 Å². The minimum absolute atomic E-state index is 0.486. The van der Waals surface area contributed by atoms with Gasteiger partial charge in [0.25, 0.3) is 0 Å². The van der Waals surface area contributed by atoms with Gasteiger partial charge in [-0.05, 0) is 25.7 Å². The molecule has 0 N–H and O–H groups in total. The van der Waals surface area contributed by atoms with E-state index in [4.69, 9.17) is 0 Å². The fourth-order valence-electron chi connectivity index (χ4n) is 7.34. The minimum Gasteiger partial charge on any atom is -0.300 e. The van der Waals surface area contributed by atoms with Crippen molar-refractivity contribution in [2.45, 2.75) is 284 Å². The lowest BCUT2D eigenvalue weighted by Crippen LogP contribution is -1.98. The van der Waals surface area contributed by atoms with E-state index < -0.39 is 0 Å². The van der Waals surface area contributed by atoms with Crippen molar-refractivity contribution in [1.82, 2.24) is 0 Å². The number of carbonyl (C=O) groups is 2. The van der Waals surface area contributed by atoms with Crippen LogP contribution in [0.25, 0.3) is 0 Å². The highest BCUT2D eigenvalue weighted by Gasteiger charge is 2.04. The van der Waals surface area contributed by atoms with Gasteiger partial charge in [-0.1, -0.05) is 232 Å². The van der Waals surface area contributed by atoms with E-state index in [2.05, 4.69) is 13.8 Å². The van der Waals surface area contributed by atoms with Crippen molar-refractivity contribution in [3.8, 4) is 0 Å². The maximum Gasteiger partial charge on any atom is 0.132 e. The highest BCUT2D eigenvalue weighted by Crippen LogP contribution is 2.17. The van der Waals surface area contributed by atoms with Crippen LogP contribution in [0.5, 0.6) is 0 Å². The maximum atomic E-state index is 12.2. The number of hydrogen-bond donors (Lipinski definition) is 0. The highest BCUT2D eigenvalue weighted by atomic mass is 16.1. The van der Waals surface area contributed by atoms with Gasteiger partial charge < -0.3 is 0 Å². The zero-order chi connectivity index (χ0) is 34.9. The van der Waals surface area contributed by atoms with Gasteiger partial charge >= 0.3 is 0 Å². The van der Waals surface area contributed by atoms with Gasteiger partial charge in [-0.3, -0.25) is 9.59 Å². The van der Waals surface area contributed by atoms with Gasteiger partial charge in [-0.15, -0.1) is 0 Å². The number of ketones is 2. The van der Waals surface area contributed by atoms with Crippen molar-refractivity contribution < 1.29 is 9.59 Å². The Morgan fingerprint density at radius 3 is 0.479 bits per heavy atom. The zero-order valence-electron chi connectivity index (χ0n) is 33.5. The Bertz CT molecular complexity index is 572. The molecule has 0 spiro atoms. The first-order valence-corrected chi connectivity index (χ1v) is 22.7. The Hall–Kier alpha value is -0.660. The molecule has 2 heteroatoms. The van der Waals surface area contributed by atoms with Crippen LogP contribution in [0.2, 0.25) is 0 Å². The minimum atomic E-state index is 0.486. The standard InChI is InChI=1S/C46H90O2/c1-3-5-7-9-11-13-15-17-19-21-23-25-27-29-33-37-41-45(47)43-39-35-31-32-36-40-44-46(48)42-38-34-30-28-26-24-22-20-18-16-14-12-10-8-6-4-2/h3-44H2,1-2H3. The van der Waals surface area contributed by atoms with E-state index in [1.165, 1.54) is 218 Å². The fraction of sp³-hybridized carbons (Fsp3) is 0.957. The van der Waals surface area contributed by atoms with Crippen molar-refractivity contribution in [1.29, 1.82) is 0 Å². The van der Waals surface area contributed by atoms with Crippen molar-refractivity contribution in [2.75, 3.05) is 0 Å². The predicted octanol–water partition coefficient (Wildman–Crippen LogP) is 16.5. The number of rotatable bonds is 43. The first-order chi connectivity index (χ1) is 23.7. The summed E-state index contributed by atoms with van der Waals surface area (Å²) in [5.74, 6) is 0.972. The SMILES string of the molecule is CCCCCCCCCCCCCCCCCCC(=O)CCCCCCCCC(=O)CCCCCCCCCCCCCCCCCC. The summed E-state index contributed by atoms with van der Waals surface area (Å²) in [5.41, 5.74) is 0. The molecule has 0 unspecified atom stereocenters. The molecule has 0 bridgehead atoms. The third kappa shape index (κ3) is 41.5. The van der Waals surface area contributed by atoms with E-state index in [-0.39, 0.29) is 0 Å². The lowest BCUT2D eigenvalue weighted by Gasteiger charge is -2.05. The maximum absolute atomic E-state index is 12.2. The number of unbranched alkanes of at least 4 members (excludes halogenated alkanes) is 35. The molecule has 0 fully saturated rings. The molecular weight excluding hydrogens is 585 g/mol. The van der Waals surface area contributed by atoms with Crippen molar-refractivity contribution in [3.63, 3.8) is 0 Å². The molecule has 2 nitrogen and oxygen atoms in total. The normalized spacial score (nSPS) is 11.5. The molecule has 286 valence electrons. The third-order valence-corrected chi connectivity index (χ3v) is 10.8. The van der Waals surface area contributed by atoms with Gasteiger partial charge in [0.05, 0.1) is 0 Å². The smallest absolute Gasteiger partial charge is 0.132 e. The second-order valence-corrected chi connectivity index (χ2v) is 15.8. The molecule has 0 aliphatic heterocycles. The van der Waals surface area contributed by atoms with Crippen molar-refractivity contribution in [2.24, 2.45) is 0 Å². The summed E-state index contributed by atoms with van der Waals surface area (Å²) >= 11 is 0. The third-order valence-electron chi connectivity index (χ3n) is 10.8. The molecule has 0 saturated carbocycles. The van der Waals surface area contributed by atoms with Crippen LogP contribution in [0.4, 0.5) is 0 Å². The molecular formula is C46H90O2. The molecule has 0 aromatic heterocycles. The monoisotopic (exact) mass is 675 g/mol. The van der Waals surface area contributed by atoms with E-state index in [1.807, 2.05) is 0 Å². The molecule has 48 heavy (non-hydrogen) atoms. The molecule has 0 aromatic rings. The molecule has 0 aliphatic carbocycles. The van der Waals surface area contributed by atoms with Crippen LogP contribution in [0.15, 0.2) is 0 Å². The van der Waals surface area contributed by atoms with Gasteiger partial charge in [0, 0.05) is 25.7 Å². The fourth-order valence-corrected chi connectivity index (χ4v) is 7.34. The predicted molar refractivity (Wildman–Crippen MR) is 215 cm³/mol. The summed E-state index contributed by atoms with van der Waals surface area (Å²) in [7, 11) is 0. The summed E-state index contributed by atoms with van der Waals surface area (Å²) in [6.07, 6.45) is 54.3. The summed E-state index contributed by atoms with van der Waals surface area (Å²) in [6, 6.07) is 0. The van der Waals surface area contributed by atoms with Gasteiger partial charge in [-0.25, -0.2) is 0 Å². The van der Waals surface area contributed by atoms with Crippen LogP contribution in [-0.2, 0) is 9.59 Å². The Labute approximate surface area is 303 Å². The van der Waals surface area contributed by atoms with Crippen LogP contribution in [0.3, 0.4) is 0 Å². The number of hydrogen-bond acceptors (Lipinski definition) is 2. The largest absolute Gasteiger partial charge is 0.300 e. The Balaban J connectivity index is 3.24. The molecule has 0 aliphatic rings. The number of Topliss-reactive ketones (excluding diaryl/α,β-unsaturated/α-hetero) is 2. The second kappa shape index (κ2) is 42.5. The number of carbonyl (C=O) groups excluding carboxylic acids is 2. The Kier molecular flexibility index (Phi) is 41.9. The summed E-state index contributed by atoms with van der Waals surface area (Å²) < 4.78 is 0. The molecule has 0 radical (unpaired) electrons. The molecule has 0 aromatic carbocycles. The lowest BCUT2D eigenvalue weighted by atomic mass is 10.0. The summed E-state index contributed by atoms with van der Waals surface area (Å²) in [4.78, 5) is 24.4. The second-order valence-electron chi connectivity index (χ2n) is 15.8. The van der Waals surface area contributed by atoms with E-state index in [9.17, 15) is 9.59 Å². The summed E-state index contributed by atoms with van der Waals surface area (Å²) in [6.45, 7) is 4.58. The van der Waals surface area contributed by atoms with Gasteiger partial charge in [0.1, 0.15) is 11.6 Å². The summed E-state index contributed by atoms with van der Waals surface area (Å²) in [5, 5.41) is 0. The zero-order valence-corrected chi connectivity index (χ0v) is 33.5. The Morgan fingerprint density at radius 2 is 0.333 bits per heavy atom. The van der Waals surface area contributed by atoms with E-state index in [0.717, 1.165) is 51.4 Å². The van der Waals surface area contributed by atoms with Crippen LogP contribution < -0.4 is 0 Å². The van der Waals surface area contributed by atoms with Crippen LogP contribution >= 0.6 is 0 Å². The Morgan fingerprint density at radius 1 is 0.208 bits per heavy atom. The van der Waals surface area contributed by atoms with E-state index >= 15 is 0 Å². The molecule has 0 rings (SSSR count). The van der Waals surface area contributed by atoms with Gasteiger partial charge in [0.15, 0.2) is 0 Å². The molecule has 0 heterocycles. The molecule has 0 amide bonds. The van der Waals surface area contributed by atoms with Crippen LogP contribution in [0, 0.1) is 0 Å². The van der Waals surface area contributed by atoms with E-state index in [1.54, 1.807) is 0 Å². The van der Waals surface area contributed by atoms with E-state index in [0.29, 0.717) is 11.6 Å². The van der Waals surface area contributed by atoms with Crippen molar-refractivity contribution in [3.05, 3.63) is 0 Å². The molecule has 0 saturated heterocycles.